The van der Waals surface area contributed by atoms with Crippen LogP contribution in [0.25, 0.3) is 0 Å². The van der Waals surface area contributed by atoms with Gasteiger partial charge in [0, 0.05) is 59.1 Å². The number of para-hydroxylation sites is 1. The van der Waals surface area contributed by atoms with E-state index in [0.29, 0.717) is 0 Å². The minimum absolute atomic E-state index is 0. The van der Waals surface area contributed by atoms with Gasteiger partial charge in [-0.25, -0.2) is 0 Å². The summed E-state index contributed by atoms with van der Waals surface area (Å²) in [4.78, 5) is 11.5. The molecule has 1 aliphatic rings. The molecule has 1 heterocycles. The molecule has 7 heteroatoms. The lowest BCUT2D eigenvalue weighted by Gasteiger charge is -2.37. The van der Waals surface area contributed by atoms with Gasteiger partial charge in [0.05, 0.1) is 6.61 Å². The molecule has 2 rings (SSSR count). The van der Waals surface area contributed by atoms with Gasteiger partial charge in [-0.3, -0.25) is 4.99 Å². The first-order valence-corrected chi connectivity index (χ1v) is 9.17. The van der Waals surface area contributed by atoms with Crippen molar-refractivity contribution in [1.29, 1.82) is 0 Å². The zero-order valence-corrected chi connectivity index (χ0v) is 18.7. The highest BCUT2D eigenvalue weighted by Gasteiger charge is 2.19. The van der Waals surface area contributed by atoms with Gasteiger partial charge in [0.25, 0.3) is 0 Å². The third-order valence-electron chi connectivity index (χ3n) is 4.59. The summed E-state index contributed by atoms with van der Waals surface area (Å²) in [5.41, 5.74) is 1.31. The summed E-state index contributed by atoms with van der Waals surface area (Å²) in [6, 6.07) is 10.6. The van der Waals surface area contributed by atoms with E-state index in [-0.39, 0.29) is 24.0 Å². The SMILES string of the molecule is CN=C(NCCCN(C)CCOC)N1CCN(c2ccccc2)CC1.I. The van der Waals surface area contributed by atoms with Crippen molar-refractivity contribution in [3.63, 3.8) is 0 Å². The fraction of sp³-hybridized carbons (Fsp3) is 0.632. The summed E-state index contributed by atoms with van der Waals surface area (Å²) in [6.07, 6.45) is 1.10. The Morgan fingerprint density at radius 1 is 1.15 bits per heavy atom. The van der Waals surface area contributed by atoms with Gasteiger partial charge in [0.15, 0.2) is 5.96 Å². The molecule has 6 nitrogen and oxygen atoms in total. The minimum Gasteiger partial charge on any atom is -0.383 e. The maximum atomic E-state index is 5.11. The number of nitrogens with zero attached hydrogens (tertiary/aromatic N) is 4. The first kappa shape index (κ1) is 23.0. The number of halogens is 1. The molecule has 0 bridgehead atoms. The maximum Gasteiger partial charge on any atom is 0.193 e. The van der Waals surface area contributed by atoms with Crippen LogP contribution in [0.15, 0.2) is 35.3 Å². The number of methoxy groups -OCH3 is 1. The Balaban J connectivity index is 0.00000338. The standard InChI is InChI=1S/C19H33N5O.HI/c1-20-19(21-10-7-11-22(2)16-17-25-3)24-14-12-23(13-15-24)18-8-5-4-6-9-18;/h4-6,8-9H,7,10-17H2,1-3H3,(H,20,21);1H. The van der Waals surface area contributed by atoms with Crippen LogP contribution in [-0.4, -0.2) is 89.4 Å². The van der Waals surface area contributed by atoms with E-state index >= 15 is 0 Å². The summed E-state index contributed by atoms with van der Waals surface area (Å²) in [5.74, 6) is 1.02. The van der Waals surface area contributed by atoms with E-state index in [1.165, 1.54) is 5.69 Å². The van der Waals surface area contributed by atoms with Crippen LogP contribution in [0.2, 0.25) is 0 Å². The lowest BCUT2D eigenvalue weighted by Crippen LogP contribution is -2.52. The number of anilines is 1. The van der Waals surface area contributed by atoms with Crippen molar-refractivity contribution >= 4 is 35.6 Å². The Bertz CT molecular complexity index is 506. The second-order valence-electron chi connectivity index (χ2n) is 6.43. The quantitative estimate of drug-likeness (QED) is 0.270. The predicted octanol–water partition coefficient (Wildman–Crippen LogP) is 1.97. The first-order valence-electron chi connectivity index (χ1n) is 9.17. The molecule has 0 atom stereocenters. The van der Waals surface area contributed by atoms with E-state index in [1.807, 2.05) is 7.05 Å². The number of nitrogens with one attached hydrogen (secondary N) is 1. The molecule has 1 aliphatic heterocycles. The number of hydrogen-bond donors (Lipinski definition) is 1. The number of likely N-dealkylation sites (N-methyl/N-ethyl adjacent to an activating group) is 1. The molecule has 1 aromatic rings. The molecule has 26 heavy (non-hydrogen) atoms. The third-order valence-corrected chi connectivity index (χ3v) is 4.59. The average molecular weight is 475 g/mol. The van der Waals surface area contributed by atoms with Crippen LogP contribution in [0.3, 0.4) is 0 Å². The Hall–Kier alpha value is -1.06. The highest BCUT2D eigenvalue weighted by atomic mass is 127. The number of hydrogen-bond acceptors (Lipinski definition) is 4. The predicted molar refractivity (Wildman–Crippen MR) is 121 cm³/mol. The van der Waals surface area contributed by atoms with Crippen LogP contribution >= 0.6 is 24.0 Å². The molecule has 0 saturated carbocycles. The second kappa shape index (κ2) is 13.2. The molecule has 1 N–H and O–H groups in total. The Morgan fingerprint density at radius 2 is 1.85 bits per heavy atom. The number of aliphatic imine (C=N–C) groups is 1. The average Bonchev–Trinajstić information content (AvgIpc) is 2.67. The van der Waals surface area contributed by atoms with Gasteiger partial charge in [0.1, 0.15) is 0 Å². The Morgan fingerprint density at radius 3 is 2.46 bits per heavy atom. The number of guanidine groups is 1. The van der Waals surface area contributed by atoms with Crippen LogP contribution in [0.5, 0.6) is 0 Å². The summed E-state index contributed by atoms with van der Waals surface area (Å²) in [5, 5.41) is 3.50. The van der Waals surface area contributed by atoms with Crippen LogP contribution in [0, 0.1) is 0 Å². The number of piperazine rings is 1. The molecule has 0 unspecified atom stereocenters. The van der Waals surface area contributed by atoms with Gasteiger partial charge in [-0.2, -0.15) is 0 Å². The zero-order valence-electron chi connectivity index (χ0n) is 16.4. The molecule has 1 aromatic carbocycles. The topological polar surface area (TPSA) is 43.3 Å². The highest BCUT2D eigenvalue weighted by molar-refractivity contribution is 14.0. The van der Waals surface area contributed by atoms with Crippen LogP contribution < -0.4 is 10.2 Å². The van der Waals surface area contributed by atoms with Crippen molar-refractivity contribution in [1.82, 2.24) is 15.1 Å². The van der Waals surface area contributed by atoms with E-state index < -0.39 is 0 Å². The molecule has 0 amide bonds. The molecule has 0 spiro atoms. The van der Waals surface area contributed by atoms with Crippen molar-refractivity contribution in [2.24, 2.45) is 4.99 Å². The summed E-state index contributed by atoms with van der Waals surface area (Å²) < 4.78 is 5.11. The minimum atomic E-state index is 0. The normalized spacial score (nSPS) is 15.2. The smallest absolute Gasteiger partial charge is 0.193 e. The molecular weight excluding hydrogens is 441 g/mol. The fourth-order valence-corrected chi connectivity index (χ4v) is 3.06. The van der Waals surface area contributed by atoms with Crippen LogP contribution in [-0.2, 0) is 4.74 Å². The van der Waals surface area contributed by atoms with Crippen molar-refractivity contribution < 1.29 is 4.74 Å². The maximum absolute atomic E-state index is 5.11. The van der Waals surface area contributed by atoms with E-state index in [4.69, 9.17) is 4.74 Å². The largest absolute Gasteiger partial charge is 0.383 e. The summed E-state index contributed by atoms with van der Waals surface area (Å²) in [7, 11) is 5.75. The molecular formula is C19H34IN5O. The molecule has 0 aromatic heterocycles. The second-order valence-corrected chi connectivity index (χ2v) is 6.43. The van der Waals surface area contributed by atoms with Gasteiger partial charge >= 0.3 is 0 Å². The molecule has 0 aliphatic carbocycles. The van der Waals surface area contributed by atoms with Gasteiger partial charge in [-0.05, 0) is 32.1 Å². The van der Waals surface area contributed by atoms with Gasteiger partial charge in [-0.15, -0.1) is 24.0 Å². The fourth-order valence-electron chi connectivity index (χ4n) is 3.06. The lowest BCUT2D eigenvalue weighted by atomic mass is 10.2. The Labute approximate surface area is 175 Å². The van der Waals surface area contributed by atoms with E-state index in [2.05, 4.69) is 62.4 Å². The first-order chi connectivity index (χ1) is 12.2. The molecule has 1 fully saturated rings. The zero-order chi connectivity index (χ0) is 17.9. The number of benzene rings is 1. The lowest BCUT2D eigenvalue weighted by molar-refractivity contribution is 0.161. The van der Waals surface area contributed by atoms with E-state index in [1.54, 1.807) is 7.11 Å². The summed E-state index contributed by atoms with van der Waals surface area (Å²) in [6.45, 7) is 7.85. The van der Waals surface area contributed by atoms with Gasteiger partial charge in [0.2, 0.25) is 0 Å². The van der Waals surface area contributed by atoms with Crippen molar-refractivity contribution in [2.45, 2.75) is 6.42 Å². The van der Waals surface area contributed by atoms with Crippen LogP contribution in [0.4, 0.5) is 5.69 Å². The van der Waals surface area contributed by atoms with Crippen LogP contribution in [0.1, 0.15) is 6.42 Å². The van der Waals surface area contributed by atoms with Gasteiger partial charge < -0.3 is 24.8 Å². The van der Waals surface area contributed by atoms with Crippen molar-refractivity contribution in [3.8, 4) is 0 Å². The number of rotatable bonds is 8. The Kier molecular flexibility index (Phi) is 11.6. The number of ether oxygens (including phenoxy) is 1. The van der Waals surface area contributed by atoms with E-state index in [9.17, 15) is 0 Å². The van der Waals surface area contributed by atoms with Crippen molar-refractivity contribution in [2.75, 3.05) is 78.5 Å². The molecule has 0 radical (unpaired) electrons. The van der Waals surface area contributed by atoms with Gasteiger partial charge in [-0.1, -0.05) is 18.2 Å². The van der Waals surface area contributed by atoms with E-state index in [0.717, 1.165) is 64.8 Å². The molecule has 148 valence electrons. The summed E-state index contributed by atoms with van der Waals surface area (Å²) >= 11 is 0. The third kappa shape index (κ3) is 7.67. The monoisotopic (exact) mass is 475 g/mol. The van der Waals surface area contributed by atoms with Crippen molar-refractivity contribution in [3.05, 3.63) is 30.3 Å². The highest BCUT2D eigenvalue weighted by Crippen LogP contribution is 2.15. The molecule has 1 saturated heterocycles.